The van der Waals surface area contributed by atoms with E-state index >= 15 is 0 Å². The molecule has 1 amide bonds. The molecule has 1 aromatic rings. The predicted octanol–water partition coefficient (Wildman–Crippen LogP) is 0.812. The van der Waals surface area contributed by atoms with Crippen LogP contribution < -0.4 is 5.73 Å². The van der Waals surface area contributed by atoms with E-state index in [1.165, 1.54) is 17.8 Å². The summed E-state index contributed by atoms with van der Waals surface area (Å²) in [6.07, 6.45) is 0. The molecule has 1 aliphatic rings. The number of carboxylic acids is 1. The van der Waals surface area contributed by atoms with Crippen molar-refractivity contribution in [2.75, 3.05) is 12.3 Å². The van der Waals surface area contributed by atoms with Crippen LogP contribution in [0.4, 0.5) is 4.39 Å². The van der Waals surface area contributed by atoms with E-state index < -0.39 is 29.1 Å². The number of hydrogen-bond donors (Lipinski definition) is 2. The van der Waals surface area contributed by atoms with E-state index in [1.807, 2.05) is 0 Å². The molecule has 1 saturated heterocycles. The van der Waals surface area contributed by atoms with Crippen LogP contribution in [-0.2, 0) is 9.59 Å². The fourth-order valence-electron chi connectivity index (χ4n) is 2.02. The Labute approximate surface area is 113 Å². The molecule has 2 rings (SSSR count). The molecular weight excluding hydrogens is 271 g/mol. The first-order valence-corrected chi connectivity index (χ1v) is 6.71. The molecule has 1 heterocycles. The maximum atomic E-state index is 13.8. The number of carbonyl (C=O) groups is 2. The molecule has 2 atom stereocenters. The van der Waals surface area contributed by atoms with Crippen molar-refractivity contribution in [1.29, 1.82) is 0 Å². The van der Waals surface area contributed by atoms with E-state index in [0.717, 1.165) is 4.90 Å². The van der Waals surface area contributed by atoms with Gasteiger partial charge in [-0.05, 0) is 6.07 Å². The van der Waals surface area contributed by atoms with Crippen LogP contribution in [0.15, 0.2) is 24.3 Å². The van der Waals surface area contributed by atoms with Gasteiger partial charge in [-0.3, -0.25) is 4.79 Å². The summed E-state index contributed by atoms with van der Waals surface area (Å²) >= 11 is 1.23. The van der Waals surface area contributed by atoms with Crippen LogP contribution in [0.5, 0.6) is 0 Å². The third-order valence-corrected chi connectivity index (χ3v) is 4.22. The number of hydrogen-bond acceptors (Lipinski definition) is 4. The van der Waals surface area contributed by atoms with Crippen LogP contribution in [-0.4, -0.2) is 40.2 Å². The third-order valence-electron chi connectivity index (χ3n) is 2.92. The summed E-state index contributed by atoms with van der Waals surface area (Å²) in [6.45, 7) is -0.296. The van der Waals surface area contributed by atoms with Crippen LogP contribution in [0.3, 0.4) is 0 Å². The number of thioether (sulfide) groups is 1. The van der Waals surface area contributed by atoms with Gasteiger partial charge in [0.05, 0.1) is 6.54 Å². The fraction of sp³-hybridized carbons (Fsp3) is 0.333. The maximum absolute atomic E-state index is 13.8. The van der Waals surface area contributed by atoms with Gasteiger partial charge in [-0.25, -0.2) is 9.18 Å². The largest absolute Gasteiger partial charge is 0.480 e. The number of benzene rings is 1. The van der Waals surface area contributed by atoms with Crippen molar-refractivity contribution in [3.8, 4) is 0 Å². The summed E-state index contributed by atoms with van der Waals surface area (Å²) < 4.78 is 13.8. The number of aliphatic carboxylic acids is 1. The maximum Gasteiger partial charge on any atom is 0.327 e. The first kappa shape index (κ1) is 13.8. The molecule has 0 radical (unpaired) electrons. The van der Waals surface area contributed by atoms with Crippen LogP contribution in [0.25, 0.3) is 0 Å². The molecule has 1 aromatic carbocycles. The highest BCUT2D eigenvalue weighted by Crippen LogP contribution is 2.42. The van der Waals surface area contributed by atoms with E-state index in [0.29, 0.717) is 5.56 Å². The zero-order valence-electron chi connectivity index (χ0n) is 9.95. The van der Waals surface area contributed by atoms with Gasteiger partial charge in [-0.15, -0.1) is 11.8 Å². The molecule has 0 aromatic heterocycles. The van der Waals surface area contributed by atoms with Gasteiger partial charge < -0.3 is 15.7 Å². The van der Waals surface area contributed by atoms with E-state index in [1.54, 1.807) is 18.2 Å². The number of nitrogens with zero attached hydrogens (tertiary/aromatic N) is 1. The van der Waals surface area contributed by atoms with Gasteiger partial charge in [-0.2, -0.15) is 0 Å². The van der Waals surface area contributed by atoms with E-state index in [2.05, 4.69) is 0 Å². The summed E-state index contributed by atoms with van der Waals surface area (Å²) in [4.78, 5) is 24.1. The summed E-state index contributed by atoms with van der Waals surface area (Å²) in [5.41, 5.74) is 5.61. The van der Waals surface area contributed by atoms with Gasteiger partial charge in [0, 0.05) is 11.3 Å². The van der Waals surface area contributed by atoms with Crippen molar-refractivity contribution in [1.82, 2.24) is 4.90 Å². The Kier molecular flexibility index (Phi) is 4.06. The Morgan fingerprint density at radius 2 is 2.16 bits per heavy atom. The van der Waals surface area contributed by atoms with Crippen LogP contribution >= 0.6 is 11.8 Å². The van der Waals surface area contributed by atoms with Crippen molar-refractivity contribution in [2.24, 2.45) is 5.73 Å². The monoisotopic (exact) mass is 284 g/mol. The molecule has 0 unspecified atom stereocenters. The minimum atomic E-state index is -1.10. The molecule has 5 nitrogen and oxygen atoms in total. The van der Waals surface area contributed by atoms with Gasteiger partial charge in [0.2, 0.25) is 5.91 Å². The first-order valence-electron chi connectivity index (χ1n) is 5.66. The molecule has 0 bridgehead atoms. The number of amides is 1. The lowest BCUT2D eigenvalue weighted by Crippen LogP contribution is -2.45. The van der Waals surface area contributed by atoms with E-state index in [4.69, 9.17) is 10.8 Å². The van der Waals surface area contributed by atoms with E-state index in [9.17, 15) is 14.0 Å². The van der Waals surface area contributed by atoms with Crippen molar-refractivity contribution >= 4 is 23.6 Å². The third kappa shape index (κ3) is 2.57. The number of carboxylic acid groups (broad SMARTS) is 1. The number of halogens is 1. The molecule has 102 valence electrons. The highest BCUT2D eigenvalue weighted by Gasteiger charge is 2.42. The van der Waals surface area contributed by atoms with E-state index in [-0.39, 0.29) is 12.3 Å². The summed E-state index contributed by atoms with van der Waals surface area (Å²) in [5, 5.41) is 8.48. The molecule has 3 N–H and O–H groups in total. The summed E-state index contributed by atoms with van der Waals surface area (Å²) in [7, 11) is 0. The van der Waals surface area contributed by atoms with Gasteiger partial charge in [0.1, 0.15) is 17.2 Å². The lowest BCUT2D eigenvalue weighted by atomic mass is 10.1. The average Bonchev–Trinajstić information content (AvgIpc) is 2.83. The Morgan fingerprint density at radius 1 is 1.47 bits per heavy atom. The fourth-order valence-corrected chi connectivity index (χ4v) is 3.49. The SMILES string of the molecule is NCC(=O)N1[C@@H](c2ccccc2F)SC[C@H]1C(=O)O. The Morgan fingerprint density at radius 3 is 2.74 bits per heavy atom. The smallest absolute Gasteiger partial charge is 0.327 e. The van der Waals surface area contributed by atoms with Gasteiger partial charge in [-0.1, -0.05) is 18.2 Å². The Balaban J connectivity index is 2.37. The molecule has 0 spiro atoms. The first-order chi connectivity index (χ1) is 9.06. The molecular formula is C12H13FN2O3S. The minimum absolute atomic E-state index is 0.222. The van der Waals surface area contributed by atoms with Crippen molar-refractivity contribution in [2.45, 2.75) is 11.4 Å². The van der Waals surface area contributed by atoms with Crippen molar-refractivity contribution in [3.05, 3.63) is 35.6 Å². The normalized spacial score (nSPS) is 22.5. The van der Waals surface area contributed by atoms with Gasteiger partial charge in [0.25, 0.3) is 0 Å². The van der Waals surface area contributed by atoms with Crippen LogP contribution in [0.2, 0.25) is 0 Å². The second kappa shape index (κ2) is 5.58. The van der Waals surface area contributed by atoms with Crippen molar-refractivity contribution in [3.63, 3.8) is 0 Å². The zero-order chi connectivity index (χ0) is 14.0. The molecule has 19 heavy (non-hydrogen) atoms. The van der Waals surface area contributed by atoms with Gasteiger partial charge >= 0.3 is 5.97 Å². The zero-order valence-corrected chi connectivity index (χ0v) is 10.8. The molecule has 7 heteroatoms. The Hall–Kier alpha value is -1.60. The number of carbonyl (C=O) groups excluding carboxylic acids is 1. The minimum Gasteiger partial charge on any atom is -0.480 e. The average molecular weight is 284 g/mol. The second-order valence-corrected chi connectivity index (χ2v) is 5.18. The second-order valence-electron chi connectivity index (χ2n) is 4.07. The van der Waals surface area contributed by atoms with Crippen LogP contribution in [0.1, 0.15) is 10.9 Å². The number of nitrogens with two attached hydrogens (primary N) is 1. The van der Waals surface area contributed by atoms with Crippen molar-refractivity contribution < 1.29 is 19.1 Å². The van der Waals surface area contributed by atoms with Gasteiger partial charge in [0.15, 0.2) is 0 Å². The van der Waals surface area contributed by atoms with Crippen LogP contribution in [0, 0.1) is 5.82 Å². The standard InChI is InChI=1S/C12H13FN2O3S/c13-8-4-2-1-3-7(8)11-15(10(16)5-14)9(6-19-11)12(17)18/h1-4,9,11H,5-6,14H2,(H,17,18)/t9-,11+/m0/s1. The number of rotatable bonds is 3. The molecule has 1 fully saturated rings. The summed E-state index contributed by atoms with van der Waals surface area (Å²) in [6, 6.07) is 5.06. The highest BCUT2D eigenvalue weighted by atomic mass is 32.2. The molecule has 0 aliphatic carbocycles. The lowest BCUT2D eigenvalue weighted by molar-refractivity contribution is -0.148. The lowest BCUT2D eigenvalue weighted by Gasteiger charge is -2.27. The highest BCUT2D eigenvalue weighted by molar-refractivity contribution is 7.99. The Bertz CT molecular complexity index is 512. The molecule has 1 aliphatic heterocycles. The molecule has 0 saturated carbocycles. The quantitative estimate of drug-likeness (QED) is 0.858. The topological polar surface area (TPSA) is 83.6 Å². The summed E-state index contributed by atoms with van der Waals surface area (Å²) in [5.74, 6) is -1.83. The predicted molar refractivity (Wildman–Crippen MR) is 68.9 cm³/mol.